The highest BCUT2D eigenvalue weighted by Crippen LogP contribution is 2.35. The summed E-state index contributed by atoms with van der Waals surface area (Å²) in [5, 5.41) is 58.6. The van der Waals surface area contributed by atoms with Crippen LogP contribution in [0.15, 0.2) is 23.2 Å². The Morgan fingerprint density at radius 2 is 1.76 bits per heavy atom. The van der Waals surface area contributed by atoms with E-state index in [0.29, 0.717) is 22.1 Å². The standard InChI is InChI=1S/C23H33NO12S/c1-23(22(30)31)12-37-20(24-23)14-3-2-13(10-15(14)26)34-8-6-32-4-5-33-7-9-35-21-19(29)18(28)17(27)16(11-25)36-21/h2-3,10,16-19,21,25-29H,4-9,11-12H2,1H3,(H,30,31)/t16?,17-,18?,19?,21+,23+/m0/s1. The maximum Gasteiger partial charge on any atom is 0.332 e. The smallest absolute Gasteiger partial charge is 0.332 e. The summed E-state index contributed by atoms with van der Waals surface area (Å²) in [6.45, 7) is 2.26. The van der Waals surface area contributed by atoms with Gasteiger partial charge in [-0.15, -0.1) is 11.8 Å². The number of hydrogen-bond donors (Lipinski definition) is 6. The predicted octanol–water partition coefficient (Wildman–Crippen LogP) is -1.04. The molecule has 37 heavy (non-hydrogen) atoms. The second-order valence-corrected chi connectivity index (χ2v) is 9.57. The minimum absolute atomic E-state index is 0.0474. The predicted molar refractivity (Wildman–Crippen MR) is 130 cm³/mol. The molecule has 1 saturated heterocycles. The normalized spacial score (nSPS) is 29.8. The average Bonchev–Trinajstić information content (AvgIpc) is 3.28. The minimum atomic E-state index is -1.50. The van der Waals surface area contributed by atoms with Gasteiger partial charge in [-0.2, -0.15) is 0 Å². The van der Waals surface area contributed by atoms with Crippen molar-refractivity contribution in [3.05, 3.63) is 23.8 Å². The Hall–Kier alpha value is -2.01. The van der Waals surface area contributed by atoms with Crippen molar-refractivity contribution >= 4 is 22.8 Å². The fourth-order valence-electron chi connectivity index (χ4n) is 3.50. The molecule has 0 spiro atoms. The first-order valence-electron chi connectivity index (χ1n) is 11.7. The van der Waals surface area contributed by atoms with Crippen molar-refractivity contribution in [3.63, 3.8) is 0 Å². The van der Waals surface area contributed by atoms with Crippen LogP contribution in [-0.4, -0.2) is 130 Å². The second kappa shape index (κ2) is 13.7. The van der Waals surface area contributed by atoms with Crippen LogP contribution in [0.3, 0.4) is 0 Å². The fourth-order valence-corrected chi connectivity index (χ4v) is 4.70. The lowest BCUT2D eigenvalue weighted by Crippen LogP contribution is -2.59. The van der Waals surface area contributed by atoms with Gasteiger partial charge in [0.25, 0.3) is 0 Å². The molecule has 0 amide bonds. The number of aliphatic imine (C=N–C) groups is 1. The number of aromatic hydroxyl groups is 1. The number of aliphatic hydroxyl groups excluding tert-OH is 4. The van der Waals surface area contributed by atoms with Gasteiger partial charge in [-0.25, -0.2) is 4.79 Å². The molecule has 2 heterocycles. The number of nitrogens with zero attached hydrogens (tertiary/aromatic N) is 1. The van der Waals surface area contributed by atoms with E-state index >= 15 is 0 Å². The zero-order valence-electron chi connectivity index (χ0n) is 20.3. The third kappa shape index (κ3) is 7.75. The molecular formula is C23H33NO12S. The second-order valence-electron chi connectivity index (χ2n) is 8.60. The zero-order valence-corrected chi connectivity index (χ0v) is 21.1. The molecule has 3 unspecified atom stereocenters. The van der Waals surface area contributed by atoms with Crippen LogP contribution in [0.2, 0.25) is 0 Å². The van der Waals surface area contributed by atoms with Gasteiger partial charge < -0.3 is 54.3 Å². The minimum Gasteiger partial charge on any atom is -0.507 e. The number of carbonyl (C=O) groups is 1. The molecular weight excluding hydrogens is 514 g/mol. The van der Waals surface area contributed by atoms with E-state index in [-0.39, 0.29) is 45.4 Å². The molecule has 0 bridgehead atoms. The van der Waals surface area contributed by atoms with E-state index in [2.05, 4.69) is 4.99 Å². The van der Waals surface area contributed by atoms with Crippen molar-refractivity contribution in [1.29, 1.82) is 0 Å². The van der Waals surface area contributed by atoms with Crippen molar-refractivity contribution in [2.75, 3.05) is 52.0 Å². The number of benzene rings is 1. The summed E-state index contributed by atoms with van der Waals surface area (Å²) < 4.78 is 26.9. The molecule has 1 aromatic rings. The highest BCUT2D eigenvalue weighted by molar-refractivity contribution is 8.14. The SMILES string of the molecule is C[C@]1(C(=O)O)CSC(c2ccc(OCCOCCOCCO[C@@H]3OC(CO)[C@H](O)C(O)C3O)cc2O)=N1. The van der Waals surface area contributed by atoms with E-state index in [0.717, 1.165) is 0 Å². The van der Waals surface area contributed by atoms with Gasteiger partial charge in [0, 0.05) is 17.4 Å². The Morgan fingerprint density at radius 3 is 2.38 bits per heavy atom. The van der Waals surface area contributed by atoms with E-state index in [4.69, 9.17) is 28.8 Å². The molecule has 6 atom stereocenters. The summed E-state index contributed by atoms with van der Waals surface area (Å²) in [6, 6.07) is 4.73. The van der Waals surface area contributed by atoms with Gasteiger partial charge in [0.15, 0.2) is 11.8 Å². The Balaban J connectivity index is 1.26. The highest BCUT2D eigenvalue weighted by atomic mass is 32.2. The number of phenolic OH excluding ortho intramolecular Hbond substituents is 1. The van der Waals surface area contributed by atoms with E-state index in [1.54, 1.807) is 12.1 Å². The molecule has 1 fully saturated rings. The number of carboxylic acids is 1. The third-order valence-corrected chi connectivity index (χ3v) is 7.02. The Morgan fingerprint density at radius 1 is 1.08 bits per heavy atom. The first-order valence-corrected chi connectivity index (χ1v) is 12.6. The number of carboxylic acid groups (broad SMARTS) is 1. The van der Waals surface area contributed by atoms with Crippen molar-refractivity contribution in [2.24, 2.45) is 4.99 Å². The maximum atomic E-state index is 11.3. The number of aliphatic hydroxyl groups is 4. The van der Waals surface area contributed by atoms with Crippen LogP contribution in [0.25, 0.3) is 0 Å². The third-order valence-electron chi connectivity index (χ3n) is 5.73. The van der Waals surface area contributed by atoms with Crippen molar-refractivity contribution in [1.82, 2.24) is 0 Å². The van der Waals surface area contributed by atoms with Crippen molar-refractivity contribution in [3.8, 4) is 11.5 Å². The van der Waals surface area contributed by atoms with Crippen LogP contribution in [0.1, 0.15) is 12.5 Å². The summed E-state index contributed by atoms with van der Waals surface area (Å²) in [4.78, 5) is 15.6. The van der Waals surface area contributed by atoms with E-state index in [9.17, 15) is 30.3 Å². The fraction of sp³-hybridized carbons (Fsp3) is 0.652. The molecule has 2 aliphatic heterocycles. The molecule has 0 radical (unpaired) electrons. The monoisotopic (exact) mass is 547 g/mol. The number of ether oxygens (including phenoxy) is 5. The average molecular weight is 548 g/mol. The van der Waals surface area contributed by atoms with Gasteiger partial charge in [0.05, 0.1) is 39.6 Å². The zero-order chi connectivity index (χ0) is 27.0. The quantitative estimate of drug-likeness (QED) is 0.155. The molecule has 0 aliphatic carbocycles. The van der Waals surface area contributed by atoms with Gasteiger partial charge in [-0.3, -0.25) is 4.99 Å². The maximum absolute atomic E-state index is 11.3. The first kappa shape index (κ1) is 29.5. The van der Waals surface area contributed by atoms with Crippen LogP contribution in [-0.2, 0) is 23.7 Å². The van der Waals surface area contributed by atoms with E-state index in [1.165, 1.54) is 24.8 Å². The molecule has 6 N–H and O–H groups in total. The lowest BCUT2D eigenvalue weighted by molar-refractivity contribution is -0.302. The lowest BCUT2D eigenvalue weighted by atomic mass is 9.99. The molecule has 208 valence electrons. The summed E-state index contributed by atoms with van der Waals surface area (Å²) in [5.74, 6) is -0.349. The van der Waals surface area contributed by atoms with Gasteiger partial charge in [-0.05, 0) is 19.1 Å². The van der Waals surface area contributed by atoms with Gasteiger partial charge in [0.1, 0.15) is 47.6 Å². The Kier molecular flexibility index (Phi) is 10.9. The van der Waals surface area contributed by atoms with Crippen LogP contribution in [0, 0.1) is 0 Å². The molecule has 0 saturated carbocycles. The number of thioether (sulfide) groups is 1. The van der Waals surface area contributed by atoms with E-state index in [1.807, 2.05) is 0 Å². The first-order chi connectivity index (χ1) is 17.7. The van der Waals surface area contributed by atoms with Gasteiger partial charge in [-0.1, -0.05) is 0 Å². The van der Waals surface area contributed by atoms with Crippen LogP contribution in [0.4, 0.5) is 0 Å². The summed E-state index contributed by atoms with van der Waals surface area (Å²) in [6.07, 6.45) is -6.62. The van der Waals surface area contributed by atoms with Crippen LogP contribution >= 0.6 is 11.8 Å². The summed E-state index contributed by atoms with van der Waals surface area (Å²) >= 11 is 1.28. The van der Waals surface area contributed by atoms with Gasteiger partial charge >= 0.3 is 5.97 Å². The molecule has 13 nitrogen and oxygen atoms in total. The van der Waals surface area contributed by atoms with Crippen LogP contribution < -0.4 is 4.74 Å². The lowest BCUT2D eigenvalue weighted by Gasteiger charge is -2.39. The number of rotatable bonds is 14. The Bertz CT molecular complexity index is 931. The summed E-state index contributed by atoms with van der Waals surface area (Å²) in [7, 11) is 0. The van der Waals surface area contributed by atoms with Crippen molar-refractivity contribution in [2.45, 2.75) is 43.2 Å². The Labute approximate surface area is 217 Å². The largest absolute Gasteiger partial charge is 0.507 e. The number of phenols is 1. The number of hydrogen-bond acceptors (Lipinski definition) is 13. The topological polar surface area (TPSA) is 197 Å². The molecule has 0 aromatic heterocycles. The van der Waals surface area contributed by atoms with Crippen LogP contribution in [0.5, 0.6) is 11.5 Å². The van der Waals surface area contributed by atoms with Crippen molar-refractivity contribution < 1.29 is 59.1 Å². The molecule has 14 heteroatoms. The molecule has 3 rings (SSSR count). The molecule has 1 aromatic carbocycles. The highest BCUT2D eigenvalue weighted by Gasteiger charge is 2.44. The molecule has 2 aliphatic rings. The van der Waals surface area contributed by atoms with E-state index < -0.39 is 48.8 Å². The number of aliphatic carboxylic acids is 1. The summed E-state index contributed by atoms with van der Waals surface area (Å²) in [5.41, 5.74) is -0.758. The van der Waals surface area contributed by atoms with Gasteiger partial charge in [0.2, 0.25) is 0 Å².